The first-order valence-electron chi connectivity index (χ1n) is 9.46. The summed E-state index contributed by atoms with van der Waals surface area (Å²) >= 11 is 0. The SMILES string of the molecule is CCCN1C(=O)C2C(NC3N(c4cccc(C)c4)CCCN23)N(C)C1=O. The summed E-state index contributed by atoms with van der Waals surface area (Å²) in [7, 11) is 1.79. The van der Waals surface area contributed by atoms with E-state index in [1.165, 1.54) is 10.5 Å². The van der Waals surface area contributed by atoms with Gasteiger partial charge in [0.1, 0.15) is 18.5 Å². The number of hydrogen-bond donors (Lipinski definition) is 1. The van der Waals surface area contributed by atoms with Crippen molar-refractivity contribution >= 4 is 17.6 Å². The lowest BCUT2D eigenvalue weighted by Gasteiger charge is -2.43. The van der Waals surface area contributed by atoms with E-state index in [1.54, 1.807) is 11.9 Å². The van der Waals surface area contributed by atoms with E-state index in [0.29, 0.717) is 6.54 Å². The maximum atomic E-state index is 13.1. The second-order valence-corrected chi connectivity index (χ2v) is 7.44. The Bertz CT molecular complexity index is 724. The largest absolute Gasteiger partial charge is 0.343 e. The predicted octanol–water partition coefficient (Wildman–Crippen LogP) is 1.39. The lowest BCUT2D eigenvalue weighted by Crippen LogP contribution is -2.66. The average Bonchev–Trinajstić information content (AvgIpc) is 3.03. The number of nitrogens with zero attached hydrogens (tertiary/aromatic N) is 4. The maximum Gasteiger partial charge on any atom is 0.327 e. The number of likely N-dealkylation sites (N-methyl/N-ethyl adjacent to an activating group) is 1. The molecule has 3 unspecified atom stereocenters. The van der Waals surface area contributed by atoms with E-state index in [2.05, 4.69) is 46.3 Å². The van der Waals surface area contributed by atoms with Crippen molar-refractivity contribution < 1.29 is 9.59 Å². The highest BCUT2D eigenvalue weighted by Gasteiger charge is 2.55. The van der Waals surface area contributed by atoms with Gasteiger partial charge >= 0.3 is 6.03 Å². The molecule has 140 valence electrons. The Hall–Kier alpha value is -2.12. The van der Waals surface area contributed by atoms with E-state index in [-0.39, 0.29) is 30.4 Å². The molecule has 3 aliphatic heterocycles. The Morgan fingerprint density at radius 3 is 2.77 bits per heavy atom. The first kappa shape index (κ1) is 17.3. The fourth-order valence-electron chi connectivity index (χ4n) is 4.42. The summed E-state index contributed by atoms with van der Waals surface area (Å²) in [5, 5.41) is 3.55. The van der Waals surface area contributed by atoms with Gasteiger partial charge in [0.2, 0.25) is 0 Å². The maximum absolute atomic E-state index is 13.1. The molecule has 4 rings (SSSR count). The van der Waals surface area contributed by atoms with Crippen LogP contribution < -0.4 is 10.2 Å². The van der Waals surface area contributed by atoms with Crippen LogP contribution in [0.1, 0.15) is 25.3 Å². The summed E-state index contributed by atoms with van der Waals surface area (Å²) in [6.45, 7) is 6.34. The first-order valence-corrected chi connectivity index (χ1v) is 9.46. The number of anilines is 1. The Morgan fingerprint density at radius 1 is 1.23 bits per heavy atom. The van der Waals surface area contributed by atoms with Crippen LogP contribution in [0, 0.1) is 6.92 Å². The highest BCUT2D eigenvalue weighted by atomic mass is 16.2. The van der Waals surface area contributed by atoms with Crippen LogP contribution in [0.4, 0.5) is 10.5 Å². The van der Waals surface area contributed by atoms with Gasteiger partial charge in [0.15, 0.2) is 0 Å². The van der Waals surface area contributed by atoms with Crippen molar-refractivity contribution in [2.45, 2.75) is 45.2 Å². The molecule has 0 aromatic heterocycles. The van der Waals surface area contributed by atoms with E-state index in [0.717, 1.165) is 31.6 Å². The molecule has 3 heterocycles. The zero-order valence-corrected chi connectivity index (χ0v) is 15.7. The minimum absolute atomic E-state index is 0.0682. The van der Waals surface area contributed by atoms with E-state index >= 15 is 0 Å². The fraction of sp³-hybridized carbons (Fsp3) is 0.579. The highest BCUT2D eigenvalue weighted by Crippen LogP contribution is 2.33. The summed E-state index contributed by atoms with van der Waals surface area (Å²) in [5.74, 6) is -0.0685. The molecule has 0 bridgehead atoms. The summed E-state index contributed by atoms with van der Waals surface area (Å²) in [4.78, 5) is 33.4. The zero-order chi connectivity index (χ0) is 18.4. The summed E-state index contributed by atoms with van der Waals surface area (Å²) in [6, 6.07) is 7.92. The van der Waals surface area contributed by atoms with Gasteiger partial charge in [-0.3, -0.25) is 19.9 Å². The van der Waals surface area contributed by atoms with Gasteiger partial charge in [0.05, 0.1) is 0 Å². The smallest absolute Gasteiger partial charge is 0.327 e. The molecule has 3 atom stereocenters. The van der Waals surface area contributed by atoms with Crippen LogP contribution in [0.25, 0.3) is 0 Å². The van der Waals surface area contributed by atoms with Crippen molar-refractivity contribution in [3.63, 3.8) is 0 Å². The van der Waals surface area contributed by atoms with E-state index in [9.17, 15) is 9.59 Å². The molecule has 1 aromatic carbocycles. The van der Waals surface area contributed by atoms with Crippen LogP contribution in [0.5, 0.6) is 0 Å². The fourth-order valence-corrected chi connectivity index (χ4v) is 4.42. The second-order valence-electron chi connectivity index (χ2n) is 7.44. The van der Waals surface area contributed by atoms with Gasteiger partial charge in [-0.05, 0) is 37.5 Å². The van der Waals surface area contributed by atoms with Gasteiger partial charge < -0.3 is 9.80 Å². The lowest BCUT2D eigenvalue weighted by atomic mass is 10.1. The summed E-state index contributed by atoms with van der Waals surface area (Å²) < 4.78 is 0. The number of hydrogen-bond acceptors (Lipinski definition) is 5. The molecule has 3 saturated heterocycles. The number of carbonyl (C=O) groups is 2. The van der Waals surface area contributed by atoms with Crippen molar-refractivity contribution in [3.05, 3.63) is 29.8 Å². The quantitative estimate of drug-likeness (QED) is 0.886. The topological polar surface area (TPSA) is 59.1 Å². The number of benzene rings is 1. The minimum atomic E-state index is -0.318. The molecule has 3 amide bonds. The molecule has 7 heteroatoms. The number of carbonyl (C=O) groups excluding carboxylic acids is 2. The third kappa shape index (κ3) is 2.57. The third-order valence-electron chi connectivity index (χ3n) is 5.65. The normalized spacial score (nSPS) is 29.2. The van der Waals surface area contributed by atoms with Crippen molar-refractivity contribution in [2.75, 3.05) is 31.6 Å². The molecule has 3 aliphatic rings. The molecular weight excluding hydrogens is 330 g/mol. The number of nitrogens with one attached hydrogen (secondary N) is 1. The van der Waals surface area contributed by atoms with Gasteiger partial charge in [-0.15, -0.1) is 0 Å². The Kier molecular flexibility index (Phi) is 4.36. The second kappa shape index (κ2) is 6.55. The molecule has 0 radical (unpaired) electrons. The minimum Gasteiger partial charge on any atom is -0.343 e. The molecule has 3 fully saturated rings. The molecule has 0 spiro atoms. The van der Waals surface area contributed by atoms with E-state index < -0.39 is 0 Å². The number of urea groups is 1. The van der Waals surface area contributed by atoms with Gasteiger partial charge in [-0.1, -0.05) is 19.1 Å². The van der Waals surface area contributed by atoms with Crippen LogP contribution in [0.3, 0.4) is 0 Å². The van der Waals surface area contributed by atoms with E-state index in [1.807, 2.05) is 6.92 Å². The average molecular weight is 357 g/mol. The van der Waals surface area contributed by atoms with Gasteiger partial charge in [0, 0.05) is 32.4 Å². The van der Waals surface area contributed by atoms with Crippen LogP contribution in [-0.2, 0) is 4.79 Å². The standard InChI is InChI=1S/C19H27N5O2/c1-4-9-24-17(25)15-16(21(3)19(24)26)20-18-22(10-6-11-23(15)18)14-8-5-7-13(2)12-14/h5,7-8,12,15-16,18,20H,4,6,9-11H2,1-3H3. The Labute approximate surface area is 154 Å². The lowest BCUT2D eigenvalue weighted by molar-refractivity contribution is -0.138. The number of amides is 3. The summed E-state index contributed by atoms with van der Waals surface area (Å²) in [5.41, 5.74) is 2.37. The van der Waals surface area contributed by atoms with E-state index in [4.69, 9.17) is 0 Å². The highest BCUT2D eigenvalue weighted by molar-refractivity contribution is 6.00. The van der Waals surface area contributed by atoms with Crippen molar-refractivity contribution in [1.82, 2.24) is 20.0 Å². The van der Waals surface area contributed by atoms with Crippen molar-refractivity contribution in [1.29, 1.82) is 0 Å². The molecule has 0 aliphatic carbocycles. The van der Waals surface area contributed by atoms with Gasteiger partial charge in [-0.2, -0.15) is 0 Å². The van der Waals surface area contributed by atoms with Crippen LogP contribution in [0.2, 0.25) is 0 Å². The molecular formula is C19H27N5O2. The monoisotopic (exact) mass is 357 g/mol. The Balaban J connectivity index is 1.66. The molecule has 7 nitrogen and oxygen atoms in total. The number of fused-ring (bicyclic) bond motifs is 3. The van der Waals surface area contributed by atoms with Crippen LogP contribution in [0.15, 0.2) is 24.3 Å². The third-order valence-corrected chi connectivity index (χ3v) is 5.65. The number of rotatable bonds is 3. The molecule has 0 saturated carbocycles. The van der Waals surface area contributed by atoms with Crippen LogP contribution >= 0.6 is 0 Å². The van der Waals surface area contributed by atoms with Gasteiger partial charge in [-0.25, -0.2) is 4.79 Å². The number of aryl methyl sites for hydroxylation is 1. The van der Waals surface area contributed by atoms with Crippen molar-refractivity contribution in [3.8, 4) is 0 Å². The molecule has 26 heavy (non-hydrogen) atoms. The molecule has 1 aromatic rings. The number of imide groups is 1. The van der Waals surface area contributed by atoms with Gasteiger partial charge in [0.25, 0.3) is 5.91 Å². The first-order chi connectivity index (χ1) is 12.5. The van der Waals surface area contributed by atoms with Crippen molar-refractivity contribution in [2.24, 2.45) is 0 Å². The predicted molar refractivity (Wildman–Crippen MR) is 99.5 cm³/mol. The summed E-state index contributed by atoms with van der Waals surface area (Å²) in [6.07, 6.45) is 1.42. The van der Waals surface area contributed by atoms with Crippen LogP contribution in [-0.4, -0.2) is 71.8 Å². The Morgan fingerprint density at radius 2 is 2.04 bits per heavy atom. The molecule has 1 N–H and O–H groups in total. The zero-order valence-electron chi connectivity index (χ0n) is 15.7.